The molecule has 0 fully saturated rings. The molecule has 0 bridgehead atoms. The fourth-order valence-electron chi connectivity index (χ4n) is 2.36. The summed E-state index contributed by atoms with van der Waals surface area (Å²) in [5.41, 5.74) is 6.79. The molecule has 0 aliphatic carbocycles. The zero-order valence-corrected chi connectivity index (χ0v) is 13.0. The van der Waals surface area contributed by atoms with Crippen LogP contribution in [0.15, 0.2) is 30.6 Å². The Morgan fingerprint density at radius 3 is 2.88 bits per heavy atom. The summed E-state index contributed by atoms with van der Waals surface area (Å²) < 4.78 is 6.73. The fraction of sp³-hybridized carbons (Fsp3) is 0.143. The maximum absolute atomic E-state index is 11.4. The molecule has 2 aromatic heterocycles. The van der Waals surface area contributed by atoms with Gasteiger partial charge in [0.15, 0.2) is 5.69 Å². The van der Waals surface area contributed by atoms with Crippen LogP contribution in [0.1, 0.15) is 16.1 Å². The second-order valence-electron chi connectivity index (χ2n) is 5.06. The largest absolute Gasteiger partial charge is 0.496 e. The highest BCUT2D eigenvalue weighted by atomic mass is 16.6. The van der Waals surface area contributed by atoms with Gasteiger partial charge in [0.1, 0.15) is 23.8 Å². The highest BCUT2D eigenvalue weighted by Gasteiger charge is 2.17. The van der Waals surface area contributed by atoms with Gasteiger partial charge in [-0.25, -0.2) is 0 Å². The summed E-state index contributed by atoms with van der Waals surface area (Å²) in [5.74, 6) is -0.144. The summed E-state index contributed by atoms with van der Waals surface area (Å²) in [7, 11) is 1.51. The van der Waals surface area contributed by atoms with Crippen molar-refractivity contribution in [2.45, 2.75) is 6.54 Å². The van der Waals surface area contributed by atoms with Crippen LogP contribution in [-0.4, -0.2) is 43.1 Å². The lowest BCUT2D eigenvalue weighted by Crippen LogP contribution is -2.12. The van der Waals surface area contributed by atoms with Crippen LogP contribution >= 0.6 is 0 Å². The van der Waals surface area contributed by atoms with Gasteiger partial charge in [0.25, 0.3) is 5.91 Å². The van der Waals surface area contributed by atoms with Crippen molar-refractivity contribution in [3.05, 3.63) is 52.0 Å². The van der Waals surface area contributed by atoms with E-state index in [4.69, 9.17) is 10.5 Å². The number of nitrogens with two attached hydrogens (primary N) is 1. The predicted octanol–water partition coefficient (Wildman–Crippen LogP) is 0.732. The number of H-pyrrole nitrogens is 1. The van der Waals surface area contributed by atoms with Crippen LogP contribution in [0.5, 0.6) is 5.75 Å². The van der Waals surface area contributed by atoms with Crippen LogP contribution in [-0.2, 0) is 6.54 Å². The van der Waals surface area contributed by atoms with E-state index in [9.17, 15) is 14.9 Å². The average molecular weight is 343 g/mol. The number of hydrogen-bond donors (Lipinski definition) is 2. The summed E-state index contributed by atoms with van der Waals surface area (Å²) in [5, 5.41) is 24.8. The maximum Gasteiger partial charge on any atom is 0.307 e. The SMILES string of the molecule is COc1ccc(-c2n[nH]nc2C(N)=O)cc1Cn1cc([N+](=O)[O-])cn1. The van der Waals surface area contributed by atoms with Crippen LogP contribution in [0.2, 0.25) is 0 Å². The molecule has 0 atom stereocenters. The number of nitro groups is 1. The van der Waals surface area contributed by atoms with Crippen molar-refractivity contribution in [2.75, 3.05) is 7.11 Å². The minimum Gasteiger partial charge on any atom is -0.496 e. The highest BCUT2D eigenvalue weighted by Crippen LogP contribution is 2.27. The molecule has 1 amide bonds. The molecule has 3 aromatic rings. The topological polar surface area (TPSA) is 155 Å². The third-order valence-electron chi connectivity index (χ3n) is 3.50. The van der Waals surface area contributed by atoms with Gasteiger partial charge in [-0.3, -0.25) is 19.6 Å². The molecule has 0 aliphatic heterocycles. The van der Waals surface area contributed by atoms with Crippen molar-refractivity contribution < 1.29 is 14.5 Å². The number of carbonyl (C=O) groups is 1. The lowest BCUT2D eigenvalue weighted by Gasteiger charge is -2.10. The van der Waals surface area contributed by atoms with E-state index >= 15 is 0 Å². The number of nitrogens with zero attached hydrogens (tertiary/aromatic N) is 5. The molecule has 3 N–H and O–H groups in total. The van der Waals surface area contributed by atoms with Gasteiger partial charge in [0, 0.05) is 11.1 Å². The summed E-state index contributed by atoms with van der Waals surface area (Å²) in [6, 6.07) is 5.14. The summed E-state index contributed by atoms with van der Waals surface area (Å²) in [6.45, 7) is 0.231. The van der Waals surface area contributed by atoms with E-state index in [-0.39, 0.29) is 17.9 Å². The third kappa shape index (κ3) is 3.15. The molecule has 1 aromatic carbocycles. The van der Waals surface area contributed by atoms with Crippen molar-refractivity contribution in [3.63, 3.8) is 0 Å². The molecule has 2 heterocycles. The van der Waals surface area contributed by atoms with Crippen LogP contribution in [0, 0.1) is 10.1 Å². The number of aromatic amines is 1. The Kier molecular flexibility index (Phi) is 4.12. The number of nitrogens with one attached hydrogen (secondary N) is 1. The molecular weight excluding hydrogens is 330 g/mol. The predicted molar refractivity (Wildman–Crippen MR) is 84.9 cm³/mol. The fourth-order valence-corrected chi connectivity index (χ4v) is 2.36. The second-order valence-corrected chi connectivity index (χ2v) is 5.06. The zero-order chi connectivity index (χ0) is 18.0. The van der Waals surface area contributed by atoms with E-state index in [1.54, 1.807) is 18.2 Å². The van der Waals surface area contributed by atoms with Gasteiger partial charge in [0.05, 0.1) is 18.6 Å². The van der Waals surface area contributed by atoms with E-state index in [0.29, 0.717) is 22.6 Å². The van der Waals surface area contributed by atoms with Crippen LogP contribution < -0.4 is 10.5 Å². The van der Waals surface area contributed by atoms with Gasteiger partial charge in [-0.1, -0.05) is 0 Å². The van der Waals surface area contributed by atoms with Crippen molar-refractivity contribution in [3.8, 4) is 17.0 Å². The molecule has 0 aliphatic rings. The Bertz CT molecular complexity index is 946. The Morgan fingerprint density at radius 1 is 1.44 bits per heavy atom. The van der Waals surface area contributed by atoms with Crippen LogP contribution in [0.25, 0.3) is 11.3 Å². The first-order chi connectivity index (χ1) is 12.0. The first-order valence-corrected chi connectivity index (χ1v) is 7.04. The quantitative estimate of drug-likeness (QED) is 0.493. The molecule has 11 heteroatoms. The number of carbonyl (C=O) groups excluding carboxylic acids is 1. The molecule has 0 saturated heterocycles. The maximum atomic E-state index is 11.4. The molecule has 0 radical (unpaired) electrons. The zero-order valence-electron chi connectivity index (χ0n) is 13.0. The van der Waals surface area contributed by atoms with Crippen molar-refractivity contribution >= 4 is 11.6 Å². The molecule has 128 valence electrons. The van der Waals surface area contributed by atoms with E-state index in [2.05, 4.69) is 20.5 Å². The van der Waals surface area contributed by atoms with Crippen LogP contribution in [0.3, 0.4) is 0 Å². The molecule has 0 unspecified atom stereocenters. The monoisotopic (exact) mass is 343 g/mol. The van der Waals surface area contributed by atoms with Gasteiger partial charge >= 0.3 is 5.69 Å². The molecule has 3 rings (SSSR count). The van der Waals surface area contributed by atoms with Crippen molar-refractivity contribution in [2.24, 2.45) is 5.73 Å². The Hall–Kier alpha value is -3.76. The molecule has 25 heavy (non-hydrogen) atoms. The van der Waals surface area contributed by atoms with Gasteiger partial charge < -0.3 is 10.5 Å². The van der Waals surface area contributed by atoms with Gasteiger partial charge in [-0.15, -0.1) is 0 Å². The summed E-state index contributed by atoms with van der Waals surface area (Å²) in [4.78, 5) is 21.7. The standard InChI is InChI=1S/C14H13N7O4/c1-25-11-3-2-8(12-13(14(15)22)18-19-17-12)4-9(11)6-20-7-10(5-16-20)21(23)24/h2-5,7H,6H2,1H3,(H2,15,22)(H,17,18,19). The first kappa shape index (κ1) is 16.1. The molecule has 0 spiro atoms. The first-order valence-electron chi connectivity index (χ1n) is 7.04. The number of hydrogen-bond acceptors (Lipinski definition) is 7. The number of benzene rings is 1. The number of aromatic nitrogens is 5. The number of methoxy groups -OCH3 is 1. The minimum absolute atomic E-state index is 0.0193. The number of amides is 1. The van der Waals surface area contributed by atoms with Gasteiger partial charge in [0.2, 0.25) is 0 Å². The van der Waals surface area contributed by atoms with E-state index < -0.39 is 10.8 Å². The van der Waals surface area contributed by atoms with Gasteiger partial charge in [-0.05, 0) is 18.2 Å². The third-order valence-corrected chi connectivity index (χ3v) is 3.50. The lowest BCUT2D eigenvalue weighted by atomic mass is 10.1. The number of ether oxygens (including phenoxy) is 1. The Labute approximate surface area is 140 Å². The van der Waals surface area contributed by atoms with E-state index in [1.807, 2.05) is 0 Å². The smallest absolute Gasteiger partial charge is 0.307 e. The second kappa shape index (κ2) is 6.39. The minimum atomic E-state index is -0.705. The Balaban J connectivity index is 1.98. The van der Waals surface area contributed by atoms with Crippen molar-refractivity contribution in [1.82, 2.24) is 25.2 Å². The number of rotatable bonds is 6. The molecular formula is C14H13N7O4. The molecule has 0 saturated carbocycles. The van der Waals surface area contributed by atoms with E-state index in [1.165, 1.54) is 24.2 Å². The average Bonchev–Trinajstić information content (AvgIpc) is 3.24. The lowest BCUT2D eigenvalue weighted by molar-refractivity contribution is -0.385. The number of primary amides is 1. The molecule has 11 nitrogen and oxygen atoms in total. The normalized spacial score (nSPS) is 10.6. The Morgan fingerprint density at radius 2 is 2.24 bits per heavy atom. The summed E-state index contributed by atoms with van der Waals surface area (Å²) in [6.07, 6.45) is 2.48. The van der Waals surface area contributed by atoms with E-state index in [0.717, 1.165) is 0 Å². The van der Waals surface area contributed by atoms with Gasteiger partial charge in [-0.2, -0.15) is 20.5 Å². The van der Waals surface area contributed by atoms with Crippen LogP contribution in [0.4, 0.5) is 5.69 Å². The summed E-state index contributed by atoms with van der Waals surface area (Å²) >= 11 is 0. The van der Waals surface area contributed by atoms with Crippen molar-refractivity contribution in [1.29, 1.82) is 0 Å². The highest BCUT2D eigenvalue weighted by molar-refractivity contribution is 5.96.